The summed E-state index contributed by atoms with van der Waals surface area (Å²) in [5.41, 5.74) is 4.42. The second-order valence-corrected chi connectivity index (χ2v) is 6.84. The van der Waals surface area contributed by atoms with Crippen molar-refractivity contribution in [3.63, 3.8) is 0 Å². The third-order valence-electron chi connectivity index (χ3n) is 4.98. The molecule has 4 aromatic rings. The van der Waals surface area contributed by atoms with E-state index in [2.05, 4.69) is 10.4 Å². The van der Waals surface area contributed by atoms with E-state index >= 15 is 0 Å². The number of fused-ring (bicyclic) bond motifs is 2. The van der Waals surface area contributed by atoms with Crippen LogP contribution >= 0.6 is 0 Å². The predicted octanol–water partition coefficient (Wildman–Crippen LogP) is 4.30. The van der Waals surface area contributed by atoms with Crippen molar-refractivity contribution < 1.29 is 9.21 Å². The molecular weight excluding hydrogens is 352 g/mol. The molecule has 1 aliphatic rings. The maximum absolute atomic E-state index is 13.2. The van der Waals surface area contributed by atoms with Crippen molar-refractivity contribution in [1.82, 2.24) is 14.8 Å². The number of furan rings is 1. The maximum Gasteiger partial charge on any atom is 0.257 e. The van der Waals surface area contributed by atoms with E-state index < -0.39 is 0 Å². The highest BCUT2D eigenvalue weighted by Gasteiger charge is 2.27. The van der Waals surface area contributed by atoms with Crippen molar-refractivity contribution in [2.24, 2.45) is 7.05 Å². The lowest BCUT2D eigenvalue weighted by molar-refractivity contribution is 0.102. The minimum atomic E-state index is -0.159. The SMILES string of the molecule is Cn1ccc(NC(=O)c2c3c(nc4ccccc24)C(=Cc2ccco2)CC3)n1. The number of nitrogens with zero attached hydrogens (tertiary/aromatic N) is 3. The maximum atomic E-state index is 13.2. The topological polar surface area (TPSA) is 73.0 Å². The summed E-state index contributed by atoms with van der Waals surface area (Å²) in [6, 6.07) is 13.3. The number of hydrogen-bond acceptors (Lipinski definition) is 4. The molecule has 3 aromatic heterocycles. The second-order valence-electron chi connectivity index (χ2n) is 6.84. The van der Waals surface area contributed by atoms with Gasteiger partial charge in [0, 0.05) is 24.7 Å². The van der Waals surface area contributed by atoms with E-state index in [4.69, 9.17) is 9.40 Å². The molecule has 28 heavy (non-hydrogen) atoms. The molecule has 3 heterocycles. The Hall–Kier alpha value is -3.67. The first-order valence-corrected chi connectivity index (χ1v) is 9.16. The Morgan fingerprint density at radius 2 is 2.07 bits per heavy atom. The van der Waals surface area contributed by atoms with E-state index in [0.29, 0.717) is 11.4 Å². The number of anilines is 1. The third kappa shape index (κ3) is 2.79. The molecule has 1 aliphatic carbocycles. The minimum absolute atomic E-state index is 0.159. The van der Waals surface area contributed by atoms with Gasteiger partial charge in [-0.25, -0.2) is 4.98 Å². The van der Waals surface area contributed by atoms with Crippen LogP contribution in [-0.4, -0.2) is 20.7 Å². The summed E-state index contributed by atoms with van der Waals surface area (Å²) in [6.07, 6.45) is 7.05. The zero-order valence-corrected chi connectivity index (χ0v) is 15.3. The van der Waals surface area contributed by atoms with Gasteiger partial charge in [-0.05, 0) is 48.3 Å². The number of nitrogens with one attached hydrogen (secondary N) is 1. The number of aryl methyl sites for hydroxylation is 1. The van der Waals surface area contributed by atoms with Crippen molar-refractivity contribution in [2.75, 3.05) is 5.32 Å². The molecule has 0 spiro atoms. The van der Waals surface area contributed by atoms with Crippen molar-refractivity contribution in [1.29, 1.82) is 0 Å². The molecule has 1 N–H and O–H groups in total. The summed E-state index contributed by atoms with van der Waals surface area (Å²) in [6.45, 7) is 0. The monoisotopic (exact) mass is 370 g/mol. The Balaban J connectivity index is 1.65. The molecule has 0 saturated heterocycles. The molecule has 0 unspecified atom stereocenters. The van der Waals surface area contributed by atoms with E-state index in [1.54, 1.807) is 23.2 Å². The normalized spacial score (nSPS) is 14.5. The van der Waals surface area contributed by atoms with Gasteiger partial charge in [-0.15, -0.1) is 0 Å². The number of hydrogen-bond donors (Lipinski definition) is 1. The molecule has 6 heteroatoms. The van der Waals surface area contributed by atoms with Crippen LogP contribution in [0.4, 0.5) is 5.82 Å². The largest absolute Gasteiger partial charge is 0.465 e. The van der Waals surface area contributed by atoms with Gasteiger partial charge < -0.3 is 9.73 Å². The lowest BCUT2D eigenvalue weighted by Crippen LogP contribution is -2.16. The fourth-order valence-corrected chi connectivity index (χ4v) is 3.74. The number of aromatic nitrogens is 3. The Morgan fingerprint density at radius 3 is 2.86 bits per heavy atom. The van der Waals surface area contributed by atoms with Gasteiger partial charge >= 0.3 is 0 Å². The number of allylic oxidation sites excluding steroid dienone is 1. The van der Waals surface area contributed by atoms with Crippen molar-refractivity contribution >= 4 is 34.3 Å². The highest BCUT2D eigenvalue weighted by atomic mass is 16.3. The first kappa shape index (κ1) is 16.5. The molecule has 1 aromatic carbocycles. The highest BCUT2D eigenvalue weighted by molar-refractivity contribution is 6.14. The number of para-hydroxylation sites is 1. The van der Waals surface area contributed by atoms with Gasteiger partial charge in [-0.3, -0.25) is 9.48 Å². The molecule has 0 saturated carbocycles. The predicted molar refractivity (Wildman–Crippen MR) is 108 cm³/mol. The van der Waals surface area contributed by atoms with Crippen LogP contribution < -0.4 is 5.32 Å². The molecule has 0 radical (unpaired) electrons. The van der Waals surface area contributed by atoms with Crippen LogP contribution in [0.3, 0.4) is 0 Å². The van der Waals surface area contributed by atoms with Gasteiger partial charge in [0.15, 0.2) is 5.82 Å². The fourth-order valence-electron chi connectivity index (χ4n) is 3.74. The van der Waals surface area contributed by atoms with E-state index in [1.807, 2.05) is 49.5 Å². The quantitative estimate of drug-likeness (QED) is 0.583. The summed E-state index contributed by atoms with van der Waals surface area (Å²) in [5, 5.41) is 8.04. The van der Waals surface area contributed by atoms with E-state index in [1.165, 1.54) is 0 Å². The first-order chi connectivity index (χ1) is 13.7. The van der Waals surface area contributed by atoms with Crippen LogP contribution in [0, 0.1) is 0 Å². The minimum Gasteiger partial charge on any atom is -0.465 e. The standard InChI is InChI=1S/C22H18N4O2/c1-26-11-10-19(25-26)24-22(27)20-16-6-2-3-7-18(16)23-21-14(8-9-17(20)21)13-15-5-4-12-28-15/h2-7,10-13H,8-9H2,1H3,(H,24,25,27). The molecule has 6 nitrogen and oxygen atoms in total. The number of carbonyl (C=O) groups is 1. The molecule has 0 fully saturated rings. The zero-order chi connectivity index (χ0) is 19.1. The van der Waals surface area contributed by atoms with Crippen LogP contribution in [0.25, 0.3) is 22.6 Å². The fraction of sp³-hybridized carbons (Fsp3) is 0.136. The van der Waals surface area contributed by atoms with Crippen LogP contribution in [0.2, 0.25) is 0 Å². The molecule has 0 bridgehead atoms. The van der Waals surface area contributed by atoms with Gasteiger partial charge in [0.2, 0.25) is 0 Å². The second kappa shape index (κ2) is 6.49. The number of amides is 1. The molecule has 0 atom stereocenters. The number of benzene rings is 1. The summed E-state index contributed by atoms with van der Waals surface area (Å²) >= 11 is 0. The van der Waals surface area contributed by atoms with Gasteiger partial charge in [0.25, 0.3) is 5.91 Å². The zero-order valence-electron chi connectivity index (χ0n) is 15.3. The smallest absolute Gasteiger partial charge is 0.257 e. The van der Waals surface area contributed by atoms with Crippen LogP contribution in [-0.2, 0) is 13.5 Å². The highest BCUT2D eigenvalue weighted by Crippen LogP contribution is 2.37. The molecule has 138 valence electrons. The first-order valence-electron chi connectivity index (χ1n) is 9.16. The molecule has 1 amide bonds. The van der Waals surface area contributed by atoms with Gasteiger partial charge in [-0.1, -0.05) is 18.2 Å². The number of carbonyl (C=O) groups excluding carboxylic acids is 1. The lowest BCUT2D eigenvalue weighted by atomic mass is 10.00. The van der Waals surface area contributed by atoms with E-state index in [-0.39, 0.29) is 5.91 Å². The Labute approximate surface area is 161 Å². The Morgan fingerprint density at radius 1 is 1.18 bits per heavy atom. The number of pyridine rings is 1. The van der Waals surface area contributed by atoms with Crippen molar-refractivity contribution in [3.05, 3.63) is 77.5 Å². The molecule has 0 aliphatic heterocycles. The van der Waals surface area contributed by atoms with Gasteiger partial charge in [0.1, 0.15) is 5.76 Å². The summed E-state index contributed by atoms with van der Waals surface area (Å²) in [4.78, 5) is 18.1. The average Bonchev–Trinajstić information content (AvgIpc) is 3.43. The molecule has 5 rings (SSSR count). The number of rotatable bonds is 3. The van der Waals surface area contributed by atoms with Crippen LogP contribution in [0.15, 0.2) is 59.3 Å². The van der Waals surface area contributed by atoms with Crippen LogP contribution in [0.1, 0.15) is 33.8 Å². The van der Waals surface area contributed by atoms with Gasteiger partial charge in [-0.2, -0.15) is 5.10 Å². The summed E-state index contributed by atoms with van der Waals surface area (Å²) in [7, 11) is 1.82. The van der Waals surface area contributed by atoms with E-state index in [9.17, 15) is 4.79 Å². The van der Waals surface area contributed by atoms with Crippen molar-refractivity contribution in [2.45, 2.75) is 12.8 Å². The summed E-state index contributed by atoms with van der Waals surface area (Å²) < 4.78 is 7.12. The lowest BCUT2D eigenvalue weighted by Gasteiger charge is -2.12. The van der Waals surface area contributed by atoms with Crippen LogP contribution in [0.5, 0.6) is 0 Å². The Kier molecular flexibility index (Phi) is 3.83. The van der Waals surface area contributed by atoms with E-state index in [0.717, 1.165) is 46.3 Å². The third-order valence-corrected chi connectivity index (χ3v) is 4.98. The molecular formula is C22H18N4O2. The van der Waals surface area contributed by atoms with Crippen molar-refractivity contribution in [3.8, 4) is 0 Å². The Bertz CT molecular complexity index is 1220. The average molecular weight is 370 g/mol. The summed E-state index contributed by atoms with van der Waals surface area (Å²) in [5.74, 6) is 1.16. The van der Waals surface area contributed by atoms with Gasteiger partial charge in [0.05, 0.1) is 23.0 Å².